The Kier molecular flexibility index (Phi) is 7.25. The van der Waals surface area contributed by atoms with Gasteiger partial charge in [0.05, 0.1) is 17.1 Å². The molecule has 0 aromatic heterocycles. The molecule has 1 aromatic rings. The minimum atomic E-state index is -3.74. The van der Waals surface area contributed by atoms with Gasteiger partial charge in [0.1, 0.15) is 0 Å². The average molecular weight is 529 g/mol. The van der Waals surface area contributed by atoms with Crippen LogP contribution in [0.2, 0.25) is 0 Å². The van der Waals surface area contributed by atoms with Crippen LogP contribution < -0.4 is 0 Å². The first-order valence-electron chi connectivity index (χ1n) is 14.8. The molecule has 3 saturated carbocycles. The predicted molar refractivity (Wildman–Crippen MR) is 149 cm³/mol. The van der Waals surface area contributed by atoms with Crippen LogP contribution in [0.15, 0.2) is 40.8 Å². The van der Waals surface area contributed by atoms with Gasteiger partial charge in [0.25, 0.3) is 10.1 Å². The summed E-state index contributed by atoms with van der Waals surface area (Å²) in [5.74, 6) is 2.77. The molecule has 1 N–H and O–H groups in total. The summed E-state index contributed by atoms with van der Waals surface area (Å²) in [6, 6.07) is 6.94. The van der Waals surface area contributed by atoms with Crippen molar-refractivity contribution in [1.82, 2.24) is 0 Å². The zero-order chi connectivity index (χ0) is 26.6. The maximum atomic E-state index is 12.9. The molecule has 4 nitrogen and oxygen atoms in total. The van der Waals surface area contributed by atoms with Crippen molar-refractivity contribution in [3.63, 3.8) is 0 Å². The highest BCUT2D eigenvalue weighted by atomic mass is 32.2. The van der Waals surface area contributed by atoms with Gasteiger partial charge < -0.3 is 5.11 Å². The second-order valence-electron chi connectivity index (χ2n) is 13.6. The van der Waals surface area contributed by atoms with Gasteiger partial charge in [-0.1, -0.05) is 63.5 Å². The molecule has 37 heavy (non-hydrogen) atoms. The van der Waals surface area contributed by atoms with Crippen molar-refractivity contribution >= 4 is 10.1 Å². The number of hydrogen-bond acceptors (Lipinski definition) is 4. The molecule has 4 aliphatic rings. The molecular formula is C32H48O4S. The van der Waals surface area contributed by atoms with Crippen LogP contribution in [0.3, 0.4) is 0 Å². The van der Waals surface area contributed by atoms with Gasteiger partial charge >= 0.3 is 0 Å². The van der Waals surface area contributed by atoms with Crippen LogP contribution in [0, 0.1) is 47.3 Å². The minimum absolute atomic E-state index is 0.198. The fraction of sp³-hybridized carbons (Fsp3) is 0.750. The Hall–Kier alpha value is -1.17. The monoisotopic (exact) mass is 528 g/mol. The highest BCUT2D eigenvalue weighted by Gasteiger charge is 2.58. The second kappa shape index (κ2) is 9.78. The third-order valence-corrected chi connectivity index (χ3v) is 13.0. The van der Waals surface area contributed by atoms with E-state index < -0.39 is 15.7 Å². The molecule has 0 saturated heterocycles. The number of allylic oxidation sites excluding steroid dienone is 1. The average Bonchev–Trinajstić information content (AvgIpc) is 2.87. The lowest BCUT2D eigenvalue weighted by molar-refractivity contribution is -0.118. The smallest absolute Gasteiger partial charge is 0.296 e. The second-order valence-corrected chi connectivity index (χ2v) is 15.2. The van der Waals surface area contributed by atoms with Gasteiger partial charge in [-0.05, 0) is 117 Å². The minimum Gasteiger partial charge on any atom is -0.390 e. The third kappa shape index (κ3) is 4.76. The first-order chi connectivity index (χ1) is 17.4. The highest BCUT2D eigenvalue weighted by molar-refractivity contribution is 7.86. The zero-order valence-corrected chi connectivity index (χ0v) is 24.4. The number of hydrogen-bond donors (Lipinski definition) is 1. The zero-order valence-electron chi connectivity index (χ0n) is 23.6. The van der Waals surface area contributed by atoms with E-state index >= 15 is 0 Å². The predicted octanol–water partition coefficient (Wildman–Crippen LogP) is 7.45. The standard InChI is InChI=1S/C32H48O4S/c1-6-32(33)19-18-30(4)24(20-32)12-15-26-28-9-7-8-27(31(28,5)17-16-29(26)30)23(3)21-36-37(34,35)25-13-10-22(2)11-14-25/h10-14,23,26-29,33H,6-9,15-21H2,1-5H3/t23-,26+,27-,28+,29+,30+,31-,32+/m1/s1. The van der Waals surface area contributed by atoms with Gasteiger partial charge in [0.2, 0.25) is 0 Å². The molecule has 4 aliphatic carbocycles. The summed E-state index contributed by atoms with van der Waals surface area (Å²) in [7, 11) is -3.74. The summed E-state index contributed by atoms with van der Waals surface area (Å²) in [6.45, 7) is 11.6. The summed E-state index contributed by atoms with van der Waals surface area (Å²) >= 11 is 0. The Labute approximate surface area is 225 Å². The summed E-state index contributed by atoms with van der Waals surface area (Å²) < 4.78 is 31.4. The summed E-state index contributed by atoms with van der Waals surface area (Å²) in [6.07, 6.45) is 13.6. The molecule has 8 atom stereocenters. The number of aliphatic hydroxyl groups is 1. The van der Waals surface area contributed by atoms with Crippen molar-refractivity contribution in [1.29, 1.82) is 0 Å². The van der Waals surface area contributed by atoms with Gasteiger partial charge in [-0.15, -0.1) is 0 Å². The molecule has 0 heterocycles. The van der Waals surface area contributed by atoms with Crippen molar-refractivity contribution in [2.45, 2.75) is 109 Å². The molecular weight excluding hydrogens is 480 g/mol. The third-order valence-electron chi connectivity index (χ3n) is 11.7. The van der Waals surface area contributed by atoms with Crippen molar-refractivity contribution in [2.75, 3.05) is 6.61 Å². The highest BCUT2D eigenvalue weighted by Crippen LogP contribution is 2.66. The molecule has 0 bridgehead atoms. The first-order valence-corrected chi connectivity index (χ1v) is 16.2. The van der Waals surface area contributed by atoms with Crippen LogP contribution in [0.5, 0.6) is 0 Å². The number of fused-ring (bicyclic) bond motifs is 5. The van der Waals surface area contributed by atoms with Crippen LogP contribution in [-0.2, 0) is 14.3 Å². The van der Waals surface area contributed by atoms with Gasteiger partial charge in [-0.2, -0.15) is 8.42 Å². The summed E-state index contributed by atoms with van der Waals surface area (Å²) in [5.41, 5.74) is 2.53. The van der Waals surface area contributed by atoms with E-state index in [2.05, 4.69) is 33.8 Å². The van der Waals surface area contributed by atoms with Crippen molar-refractivity contribution in [3.05, 3.63) is 41.5 Å². The Balaban J connectivity index is 1.32. The van der Waals surface area contributed by atoms with Crippen LogP contribution in [-0.4, -0.2) is 25.7 Å². The van der Waals surface area contributed by atoms with Crippen molar-refractivity contribution < 1.29 is 17.7 Å². The lowest BCUT2D eigenvalue weighted by Crippen LogP contribution is -2.55. The number of rotatable bonds is 6. The molecule has 0 unspecified atom stereocenters. The normalized spacial score (nSPS) is 40.6. The van der Waals surface area contributed by atoms with E-state index in [-0.39, 0.29) is 28.3 Å². The van der Waals surface area contributed by atoms with Crippen LogP contribution in [0.25, 0.3) is 0 Å². The van der Waals surface area contributed by atoms with Crippen LogP contribution in [0.1, 0.15) is 97.5 Å². The van der Waals surface area contributed by atoms with E-state index in [9.17, 15) is 13.5 Å². The number of aryl methyl sites for hydroxylation is 1. The SMILES string of the molecule is CC[C@]1(O)CC[C@@]2(C)C(=CC[C@H]3[C@@H]4CCC[C@H]([C@H](C)COS(=O)(=O)c5ccc(C)cc5)[C@@]4(C)CC[C@@H]32)C1. The molecule has 0 aliphatic heterocycles. The topological polar surface area (TPSA) is 63.6 Å². The molecule has 5 heteroatoms. The first kappa shape index (κ1) is 27.4. The van der Waals surface area contributed by atoms with Crippen LogP contribution in [0.4, 0.5) is 0 Å². The summed E-state index contributed by atoms with van der Waals surface area (Å²) in [5, 5.41) is 11.1. The fourth-order valence-corrected chi connectivity index (χ4v) is 10.3. The van der Waals surface area contributed by atoms with E-state index in [0.717, 1.165) is 37.7 Å². The molecule has 5 rings (SSSR count). The van der Waals surface area contributed by atoms with Crippen LogP contribution >= 0.6 is 0 Å². The Morgan fingerprint density at radius 3 is 2.49 bits per heavy atom. The van der Waals surface area contributed by atoms with Gasteiger partial charge in [0.15, 0.2) is 0 Å². The quantitative estimate of drug-likeness (QED) is 0.308. The largest absolute Gasteiger partial charge is 0.390 e. The summed E-state index contributed by atoms with van der Waals surface area (Å²) in [4.78, 5) is 0.249. The molecule has 206 valence electrons. The van der Waals surface area contributed by atoms with Crippen molar-refractivity contribution in [3.8, 4) is 0 Å². The lowest BCUT2D eigenvalue weighted by Gasteiger charge is -2.63. The van der Waals surface area contributed by atoms with E-state index in [1.807, 2.05) is 19.1 Å². The molecule has 0 spiro atoms. The van der Waals surface area contributed by atoms with E-state index in [1.165, 1.54) is 37.7 Å². The van der Waals surface area contributed by atoms with E-state index in [0.29, 0.717) is 23.7 Å². The molecule has 3 fully saturated rings. The van der Waals surface area contributed by atoms with Gasteiger partial charge in [-0.3, -0.25) is 4.18 Å². The molecule has 0 amide bonds. The Morgan fingerprint density at radius 1 is 1.05 bits per heavy atom. The Morgan fingerprint density at radius 2 is 1.78 bits per heavy atom. The van der Waals surface area contributed by atoms with E-state index in [1.54, 1.807) is 12.1 Å². The van der Waals surface area contributed by atoms with E-state index in [4.69, 9.17) is 4.18 Å². The van der Waals surface area contributed by atoms with Crippen molar-refractivity contribution in [2.24, 2.45) is 40.4 Å². The van der Waals surface area contributed by atoms with Gasteiger partial charge in [0, 0.05) is 0 Å². The molecule has 1 aromatic carbocycles. The molecule has 0 radical (unpaired) electrons. The lowest BCUT2D eigenvalue weighted by atomic mass is 9.42. The Bertz CT molecular complexity index is 1120. The maximum Gasteiger partial charge on any atom is 0.296 e. The number of benzene rings is 1. The van der Waals surface area contributed by atoms with Gasteiger partial charge in [-0.25, -0.2) is 0 Å². The fourth-order valence-electron chi connectivity index (χ4n) is 9.27. The maximum absolute atomic E-state index is 12.9.